The predicted molar refractivity (Wildman–Crippen MR) is 123 cm³/mol. The molecule has 0 saturated carbocycles. The van der Waals surface area contributed by atoms with Gasteiger partial charge in [0.1, 0.15) is 23.9 Å². The highest BCUT2D eigenvalue weighted by Crippen LogP contribution is 2.12. The highest BCUT2D eigenvalue weighted by molar-refractivity contribution is 7.80. The van der Waals surface area contributed by atoms with E-state index in [0.29, 0.717) is 5.56 Å². The van der Waals surface area contributed by atoms with E-state index in [9.17, 15) is 34.2 Å². The molecular weight excluding hydrogens is 470 g/mol. The van der Waals surface area contributed by atoms with E-state index in [4.69, 9.17) is 16.6 Å². The summed E-state index contributed by atoms with van der Waals surface area (Å²) in [5.41, 5.74) is 11.2. The van der Waals surface area contributed by atoms with E-state index in [2.05, 4.69) is 28.6 Å². The van der Waals surface area contributed by atoms with Crippen LogP contribution in [0.2, 0.25) is 0 Å². The number of rotatable bonds is 14. The summed E-state index contributed by atoms with van der Waals surface area (Å²) in [4.78, 5) is 59.7. The highest BCUT2D eigenvalue weighted by Gasteiger charge is 2.30. The van der Waals surface area contributed by atoms with Gasteiger partial charge in [-0.1, -0.05) is 12.1 Å². The lowest BCUT2D eigenvalue weighted by Crippen LogP contribution is -2.58. The van der Waals surface area contributed by atoms with Crippen molar-refractivity contribution >= 4 is 42.2 Å². The average Bonchev–Trinajstić information content (AvgIpc) is 2.79. The Morgan fingerprint density at radius 1 is 0.912 bits per heavy atom. The van der Waals surface area contributed by atoms with Gasteiger partial charge in [0, 0.05) is 18.6 Å². The third-order valence-corrected chi connectivity index (χ3v) is 5.03. The maximum absolute atomic E-state index is 12.8. The molecule has 1 rings (SSSR count). The van der Waals surface area contributed by atoms with Crippen molar-refractivity contribution in [3.8, 4) is 5.75 Å². The van der Waals surface area contributed by atoms with Gasteiger partial charge in [-0.2, -0.15) is 12.6 Å². The monoisotopic (exact) mass is 499 g/mol. The molecule has 0 saturated heterocycles. The number of benzene rings is 1. The van der Waals surface area contributed by atoms with E-state index >= 15 is 0 Å². The fourth-order valence-electron chi connectivity index (χ4n) is 2.71. The molecule has 1 aromatic rings. The number of hydrogen-bond donors (Lipinski definition) is 9. The first-order valence-corrected chi connectivity index (χ1v) is 10.8. The minimum Gasteiger partial charge on any atom is -0.508 e. The Balaban J connectivity index is 2.97. The molecule has 0 aromatic heterocycles. The first kappa shape index (κ1) is 28.7. The van der Waals surface area contributed by atoms with Crippen LogP contribution in [-0.4, -0.2) is 81.4 Å². The van der Waals surface area contributed by atoms with Gasteiger partial charge in [0.2, 0.25) is 23.6 Å². The van der Waals surface area contributed by atoms with Gasteiger partial charge in [-0.15, -0.1) is 0 Å². The number of carboxylic acid groups (broad SMARTS) is 1. The smallest absolute Gasteiger partial charge is 0.328 e. The Morgan fingerprint density at radius 3 is 1.94 bits per heavy atom. The Hall–Kier alpha value is -3.36. The molecule has 0 aliphatic carbocycles. The number of aliphatic hydroxyl groups excluding tert-OH is 1. The number of aromatic hydroxyl groups is 1. The Labute approximate surface area is 200 Å². The van der Waals surface area contributed by atoms with Crippen LogP contribution in [0.3, 0.4) is 0 Å². The van der Waals surface area contributed by atoms with Gasteiger partial charge in [-0.25, -0.2) is 4.79 Å². The maximum Gasteiger partial charge on any atom is 0.328 e. The van der Waals surface area contributed by atoms with Crippen molar-refractivity contribution in [3.05, 3.63) is 29.8 Å². The van der Waals surface area contributed by atoms with Crippen LogP contribution >= 0.6 is 12.6 Å². The molecular formula is C20H29N5O8S. The Kier molecular flexibility index (Phi) is 11.8. The third-order valence-electron chi connectivity index (χ3n) is 4.66. The third kappa shape index (κ3) is 9.64. The van der Waals surface area contributed by atoms with Gasteiger partial charge in [-0.05, 0) is 24.1 Å². The second-order valence-electron chi connectivity index (χ2n) is 7.37. The first-order chi connectivity index (χ1) is 16.0. The van der Waals surface area contributed by atoms with Crippen molar-refractivity contribution in [1.82, 2.24) is 16.0 Å². The molecule has 13 nitrogen and oxygen atoms in total. The molecule has 0 heterocycles. The van der Waals surface area contributed by atoms with Crippen LogP contribution < -0.4 is 27.4 Å². The molecule has 0 aliphatic heterocycles. The molecule has 0 spiro atoms. The van der Waals surface area contributed by atoms with Crippen LogP contribution in [0.25, 0.3) is 0 Å². The molecule has 34 heavy (non-hydrogen) atoms. The lowest BCUT2D eigenvalue weighted by molar-refractivity contribution is -0.143. The number of carboxylic acids is 1. The fraction of sp³-hybridized carbons (Fsp3) is 0.450. The van der Waals surface area contributed by atoms with Gasteiger partial charge in [0.05, 0.1) is 12.6 Å². The second kappa shape index (κ2) is 14.0. The number of aliphatic hydroxyl groups is 1. The van der Waals surface area contributed by atoms with Crippen LogP contribution in [0.5, 0.6) is 5.75 Å². The normalized spacial score (nSPS) is 14.2. The molecule has 188 valence electrons. The fourth-order valence-corrected chi connectivity index (χ4v) is 2.97. The molecule has 10 N–H and O–H groups in total. The molecule has 0 fully saturated rings. The zero-order valence-electron chi connectivity index (χ0n) is 18.1. The standard InChI is InChI=1S/C20H29N5O8S/c21-12(5-6-16(22)28)17(29)25-15(9-34)19(31)23-13(7-10-1-3-11(27)4-2-10)18(30)24-14(8-26)20(32)33/h1-4,12-15,26-27,34H,5-9,21H2,(H2,22,28)(H,23,31)(H,24,30)(H,25,29)(H,32,33). The Morgan fingerprint density at radius 2 is 1.44 bits per heavy atom. The van der Waals surface area contributed by atoms with Crippen molar-refractivity contribution in [2.24, 2.45) is 11.5 Å². The highest BCUT2D eigenvalue weighted by atomic mass is 32.1. The molecule has 4 unspecified atom stereocenters. The van der Waals surface area contributed by atoms with Gasteiger partial charge >= 0.3 is 5.97 Å². The summed E-state index contributed by atoms with van der Waals surface area (Å²) in [5, 5.41) is 34.6. The zero-order chi connectivity index (χ0) is 25.8. The van der Waals surface area contributed by atoms with Crippen LogP contribution in [0.4, 0.5) is 0 Å². The first-order valence-electron chi connectivity index (χ1n) is 10.2. The summed E-state index contributed by atoms with van der Waals surface area (Å²) < 4.78 is 0. The Bertz CT molecular complexity index is 882. The number of nitrogens with two attached hydrogens (primary N) is 2. The van der Waals surface area contributed by atoms with E-state index in [1.54, 1.807) is 0 Å². The minimum atomic E-state index is -1.60. The lowest BCUT2D eigenvalue weighted by atomic mass is 10.0. The molecule has 0 bridgehead atoms. The van der Waals surface area contributed by atoms with Crippen molar-refractivity contribution in [2.45, 2.75) is 43.4 Å². The van der Waals surface area contributed by atoms with E-state index < -0.39 is 60.4 Å². The van der Waals surface area contributed by atoms with Crippen molar-refractivity contribution < 1.29 is 39.3 Å². The number of carbonyl (C=O) groups excluding carboxylic acids is 4. The minimum absolute atomic E-state index is 0.0227. The van der Waals surface area contributed by atoms with Gasteiger partial charge in [0.25, 0.3) is 0 Å². The largest absolute Gasteiger partial charge is 0.508 e. The van der Waals surface area contributed by atoms with Crippen LogP contribution in [0.15, 0.2) is 24.3 Å². The van der Waals surface area contributed by atoms with Crippen LogP contribution in [0.1, 0.15) is 18.4 Å². The number of phenols is 1. The number of phenolic OH excluding ortho intramolecular Hbond substituents is 1. The number of thiol groups is 1. The zero-order valence-corrected chi connectivity index (χ0v) is 19.0. The number of amides is 4. The van der Waals surface area contributed by atoms with Crippen LogP contribution in [0, 0.1) is 0 Å². The average molecular weight is 500 g/mol. The van der Waals surface area contributed by atoms with Gasteiger partial charge in [-0.3, -0.25) is 19.2 Å². The molecule has 0 aliphatic rings. The van der Waals surface area contributed by atoms with Crippen LogP contribution in [-0.2, 0) is 30.4 Å². The summed E-state index contributed by atoms with van der Waals surface area (Å²) in [5.74, 6) is -4.74. The summed E-state index contributed by atoms with van der Waals surface area (Å²) in [6.45, 7) is -0.876. The summed E-state index contributed by atoms with van der Waals surface area (Å²) in [7, 11) is 0. The second-order valence-corrected chi connectivity index (χ2v) is 7.73. The molecule has 4 atom stereocenters. The SMILES string of the molecule is NC(=O)CCC(N)C(=O)NC(CS)C(=O)NC(Cc1ccc(O)cc1)C(=O)NC(CO)C(=O)O. The summed E-state index contributed by atoms with van der Waals surface area (Å²) in [6.07, 6.45) is -0.260. The van der Waals surface area contributed by atoms with E-state index in [0.717, 1.165) is 0 Å². The van der Waals surface area contributed by atoms with Crippen molar-refractivity contribution in [1.29, 1.82) is 0 Å². The van der Waals surface area contributed by atoms with Gasteiger partial charge in [0.15, 0.2) is 0 Å². The van der Waals surface area contributed by atoms with Gasteiger partial charge < -0.3 is 42.7 Å². The summed E-state index contributed by atoms with van der Waals surface area (Å²) >= 11 is 4.04. The quantitative estimate of drug-likeness (QED) is 0.118. The van der Waals surface area contributed by atoms with Crippen molar-refractivity contribution in [2.75, 3.05) is 12.4 Å². The van der Waals surface area contributed by atoms with E-state index in [1.165, 1.54) is 24.3 Å². The number of carbonyl (C=O) groups is 5. The topological polar surface area (TPSA) is 234 Å². The molecule has 1 aromatic carbocycles. The number of aliphatic carboxylic acids is 1. The van der Waals surface area contributed by atoms with E-state index in [1.807, 2.05) is 0 Å². The van der Waals surface area contributed by atoms with Crippen molar-refractivity contribution in [3.63, 3.8) is 0 Å². The van der Waals surface area contributed by atoms with E-state index in [-0.39, 0.29) is 30.8 Å². The number of nitrogens with one attached hydrogen (secondary N) is 3. The lowest BCUT2D eigenvalue weighted by Gasteiger charge is -2.24. The predicted octanol–water partition coefficient (Wildman–Crippen LogP) is -3.01. The number of hydrogen-bond acceptors (Lipinski definition) is 9. The number of primary amides is 1. The molecule has 4 amide bonds. The molecule has 14 heteroatoms. The molecule has 0 radical (unpaired) electrons. The summed E-state index contributed by atoms with van der Waals surface area (Å²) in [6, 6.07) is 0.506. The maximum atomic E-state index is 12.8.